The highest BCUT2D eigenvalue weighted by atomic mass is 33.5. The second-order valence-electron chi connectivity index (χ2n) is 2.23. The van der Waals surface area contributed by atoms with E-state index < -0.39 is 0 Å². The van der Waals surface area contributed by atoms with Gasteiger partial charge in [-0.2, -0.15) is 0 Å². The average Bonchev–Trinajstić information content (AvgIpc) is 2.53. The molecule has 1 aliphatic heterocycles. The van der Waals surface area contributed by atoms with E-state index in [0.717, 1.165) is 0 Å². The summed E-state index contributed by atoms with van der Waals surface area (Å²) in [4.78, 5) is 0. The molecule has 1 aromatic carbocycles. The highest BCUT2D eigenvalue weighted by molar-refractivity contribution is 9.10. The van der Waals surface area contributed by atoms with Gasteiger partial charge in [-0.25, -0.2) is 0 Å². The van der Waals surface area contributed by atoms with Crippen LogP contribution in [0.15, 0.2) is 30.3 Å². The van der Waals surface area contributed by atoms with Crippen molar-refractivity contribution in [2.24, 2.45) is 0 Å². The molecule has 1 saturated heterocycles. The number of rotatable bonds is 1. The zero-order chi connectivity index (χ0) is 8.39. The van der Waals surface area contributed by atoms with Crippen LogP contribution in [0.4, 0.5) is 0 Å². The van der Waals surface area contributed by atoms with Crippen LogP contribution in [-0.2, 0) is 0 Å². The minimum atomic E-state index is -0.0117. The largest absolute Gasteiger partial charge is 0.0810 e. The van der Waals surface area contributed by atoms with Crippen molar-refractivity contribution >= 4 is 31.4 Å². The summed E-state index contributed by atoms with van der Waals surface area (Å²) < 4.78 is 7.75. The molecule has 1 heterocycles. The maximum Gasteiger partial charge on any atom is 0.0508 e. The van der Waals surface area contributed by atoms with E-state index in [2.05, 4.69) is 12.1 Å². The smallest absolute Gasteiger partial charge is 0.0508 e. The van der Waals surface area contributed by atoms with Crippen LogP contribution in [-0.4, -0.2) is 5.73 Å². The summed E-state index contributed by atoms with van der Waals surface area (Å²) in [5, 5.41) is 0.348. The Bertz CT molecular complexity index is 252. The Morgan fingerprint density at radius 2 is 2.18 bits per heavy atom. The van der Waals surface area contributed by atoms with E-state index in [4.69, 9.17) is 1.37 Å². The molecule has 0 unspecified atom stereocenters. The SMILES string of the molecule is [2H][C@@H]1SSS[C@H]1c1ccccc1. The van der Waals surface area contributed by atoms with Gasteiger partial charge in [-0.15, -0.1) is 0 Å². The molecule has 1 aliphatic rings. The molecule has 1 aromatic rings. The van der Waals surface area contributed by atoms with Crippen molar-refractivity contribution < 1.29 is 1.37 Å². The van der Waals surface area contributed by atoms with Gasteiger partial charge < -0.3 is 0 Å². The highest BCUT2D eigenvalue weighted by Crippen LogP contribution is 2.54. The third-order valence-corrected chi connectivity index (χ3v) is 5.66. The van der Waals surface area contributed by atoms with E-state index in [1.54, 1.807) is 31.4 Å². The Hall–Kier alpha value is 0.270. The van der Waals surface area contributed by atoms with Crippen LogP contribution in [0.2, 0.25) is 0 Å². The fourth-order valence-electron chi connectivity index (χ4n) is 0.938. The molecule has 11 heavy (non-hydrogen) atoms. The third kappa shape index (κ3) is 1.89. The van der Waals surface area contributed by atoms with Crippen LogP contribution < -0.4 is 0 Å². The van der Waals surface area contributed by atoms with Gasteiger partial charge in [-0.3, -0.25) is 0 Å². The predicted molar refractivity (Wildman–Crippen MR) is 56.8 cm³/mol. The van der Waals surface area contributed by atoms with Crippen molar-refractivity contribution in [1.82, 2.24) is 0 Å². The average molecular weight is 201 g/mol. The summed E-state index contributed by atoms with van der Waals surface area (Å²) in [6, 6.07) is 10.3. The van der Waals surface area contributed by atoms with Gasteiger partial charge in [-0.1, -0.05) is 51.9 Å². The summed E-state index contributed by atoms with van der Waals surface area (Å²) in [7, 11) is 5.17. The van der Waals surface area contributed by atoms with Gasteiger partial charge in [0.05, 0.1) is 5.25 Å². The lowest BCUT2D eigenvalue weighted by Crippen LogP contribution is -1.89. The van der Waals surface area contributed by atoms with E-state index in [-0.39, 0.29) is 5.73 Å². The molecular formula is C8H8S3. The van der Waals surface area contributed by atoms with E-state index >= 15 is 0 Å². The highest BCUT2D eigenvalue weighted by Gasteiger charge is 2.18. The van der Waals surface area contributed by atoms with Crippen LogP contribution in [0.5, 0.6) is 0 Å². The van der Waals surface area contributed by atoms with Gasteiger partial charge in [0.1, 0.15) is 0 Å². The van der Waals surface area contributed by atoms with Crippen LogP contribution in [0.3, 0.4) is 0 Å². The normalized spacial score (nSPS) is 31.8. The van der Waals surface area contributed by atoms with Crippen molar-refractivity contribution in [2.45, 2.75) is 5.25 Å². The van der Waals surface area contributed by atoms with Gasteiger partial charge in [0.25, 0.3) is 0 Å². The van der Waals surface area contributed by atoms with Crippen LogP contribution in [0.1, 0.15) is 12.2 Å². The second-order valence-corrected chi connectivity index (χ2v) is 6.32. The molecular weight excluding hydrogens is 192 g/mol. The van der Waals surface area contributed by atoms with Gasteiger partial charge in [-0.05, 0) is 15.4 Å². The van der Waals surface area contributed by atoms with Gasteiger partial charge in [0.2, 0.25) is 0 Å². The molecule has 1 fully saturated rings. The summed E-state index contributed by atoms with van der Waals surface area (Å²) in [5.41, 5.74) is 1.27. The van der Waals surface area contributed by atoms with Gasteiger partial charge in [0.15, 0.2) is 0 Å². The maximum atomic E-state index is 7.75. The number of hydrogen-bond donors (Lipinski definition) is 0. The first-order valence-corrected chi connectivity index (χ1v) is 6.95. The molecule has 0 saturated carbocycles. The topological polar surface area (TPSA) is 0 Å². The Kier molecular flexibility index (Phi) is 2.32. The molecule has 0 bridgehead atoms. The van der Waals surface area contributed by atoms with Crippen molar-refractivity contribution in [1.29, 1.82) is 0 Å². The molecule has 2 rings (SSSR count). The molecule has 0 spiro atoms. The molecule has 0 N–H and O–H groups in total. The van der Waals surface area contributed by atoms with Gasteiger partial charge >= 0.3 is 0 Å². The molecule has 0 aromatic heterocycles. The predicted octanol–water partition coefficient (Wildman–Crippen LogP) is 3.77. The molecule has 3 heteroatoms. The minimum absolute atomic E-state index is 0.0117. The molecule has 0 radical (unpaired) electrons. The molecule has 0 aliphatic carbocycles. The van der Waals surface area contributed by atoms with Crippen molar-refractivity contribution in [3.05, 3.63) is 35.9 Å². The Morgan fingerprint density at radius 3 is 2.82 bits per heavy atom. The lowest BCUT2D eigenvalue weighted by atomic mass is 10.2. The summed E-state index contributed by atoms with van der Waals surface area (Å²) >= 11 is 0. The summed E-state index contributed by atoms with van der Waals surface area (Å²) in [6.07, 6.45) is 0. The lowest BCUT2D eigenvalue weighted by Gasteiger charge is -2.04. The molecule has 58 valence electrons. The summed E-state index contributed by atoms with van der Waals surface area (Å²) in [5.74, 6) is 0. The standard InChI is InChI=1S/C8H8S3/c1-2-4-7(5-3-1)8-6-9-11-10-8/h1-5,8H,6H2/t8-/m1/s1/i6D/t6-,8+/m0. The van der Waals surface area contributed by atoms with Crippen molar-refractivity contribution in [3.63, 3.8) is 0 Å². The fourth-order valence-corrected chi connectivity index (χ4v) is 5.38. The Balaban J connectivity index is 2.19. The number of benzene rings is 1. The van der Waals surface area contributed by atoms with Crippen LogP contribution >= 0.6 is 31.4 Å². The first-order valence-electron chi connectivity index (χ1n) is 3.91. The Labute approximate surface area is 79.7 Å². The molecule has 0 amide bonds. The van der Waals surface area contributed by atoms with E-state index in [1.807, 2.05) is 18.2 Å². The first kappa shape index (κ1) is 6.75. The van der Waals surface area contributed by atoms with Crippen LogP contribution in [0.25, 0.3) is 0 Å². The zero-order valence-electron chi connectivity index (χ0n) is 6.77. The van der Waals surface area contributed by atoms with Crippen LogP contribution in [0, 0.1) is 0 Å². The van der Waals surface area contributed by atoms with E-state index in [9.17, 15) is 0 Å². The third-order valence-electron chi connectivity index (χ3n) is 1.49. The summed E-state index contributed by atoms with van der Waals surface area (Å²) in [6.45, 7) is 0. The second kappa shape index (κ2) is 3.78. The number of hydrogen-bond acceptors (Lipinski definition) is 3. The van der Waals surface area contributed by atoms with Gasteiger partial charge in [0, 0.05) is 7.10 Å². The molecule has 2 atom stereocenters. The lowest BCUT2D eigenvalue weighted by molar-refractivity contribution is 1.13. The van der Waals surface area contributed by atoms with Crippen molar-refractivity contribution in [3.8, 4) is 0 Å². The zero-order valence-corrected chi connectivity index (χ0v) is 8.22. The fraction of sp³-hybridized carbons (Fsp3) is 0.250. The minimum Gasteiger partial charge on any atom is -0.0810 e. The van der Waals surface area contributed by atoms with E-state index in [0.29, 0.717) is 5.25 Å². The van der Waals surface area contributed by atoms with E-state index in [1.165, 1.54) is 5.56 Å². The molecule has 0 nitrogen and oxygen atoms in total. The first-order chi connectivity index (χ1) is 5.88. The quantitative estimate of drug-likeness (QED) is 0.635. The Morgan fingerprint density at radius 1 is 1.36 bits per heavy atom. The maximum absolute atomic E-state index is 7.75. The van der Waals surface area contributed by atoms with Crippen molar-refractivity contribution in [2.75, 3.05) is 5.73 Å². The monoisotopic (exact) mass is 201 g/mol.